The molecule has 3 nitrogen and oxygen atoms in total. The molecule has 62 valence electrons. The molecule has 0 N–H and O–H groups in total. The first-order valence-corrected chi connectivity index (χ1v) is 3.14. The Morgan fingerprint density at radius 1 is 1.50 bits per heavy atom. The van der Waals surface area contributed by atoms with Crippen LogP contribution in [0.25, 0.3) is 0 Å². The minimum Gasteiger partial charge on any atom is -0.444 e. The van der Waals surface area contributed by atoms with E-state index in [1.54, 1.807) is 6.92 Å². The molecule has 0 aliphatic rings. The molecule has 1 heterocycles. The van der Waals surface area contributed by atoms with Gasteiger partial charge in [0.15, 0.2) is 0 Å². The van der Waals surface area contributed by atoms with Crippen LogP contribution in [0.2, 0.25) is 0 Å². The molecule has 0 unspecified atom stereocenters. The summed E-state index contributed by atoms with van der Waals surface area (Å²) in [6, 6.07) is 0. The van der Waals surface area contributed by atoms with Crippen LogP contribution in [0.4, 0.5) is 12.9 Å². The van der Waals surface area contributed by atoms with Crippen LogP contribution in [0, 0.1) is 0 Å². The SMILES string of the molecule is CCn1nncc1[B-](F)(F)F.[K+]. The number of aromatic nitrogens is 3. The van der Waals surface area contributed by atoms with Gasteiger partial charge in [-0.05, 0) is 6.92 Å². The molecule has 0 bridgehead atoms. The van der Waals surface area contributed by atoms with Crippen molar-refractivity contribution in [3.63, 3.8) is 0 Å². The van der Waals surface area contributed by atoms with Gasteiger partial charge in [0.25, 0.3) is 0 Å². The molecule has 0 aliphatic heterocycles. The molecule has 0 atom stereocenters. The summed E-state index contributed by atoms with van der Waals surface area (Å²) in [6.45, 7) is -3.19. The van der Waals surface area contributed by atoms with E-state index in [0.29, 0.717) is 0 Å². The van der Waals surface area contributed by atoms with Crippen molar-refractivity contribution in [3.05, 3.63) is 6.20 Å². The van der Waals surface area contributed by atoms with E-state index in [2.05, 4.69) is 10.3 Å². The van der Waals surface area contributed by atoms with Crippen molar-refractivity contribution in [1.82, 2.24) is 15.0 Å². The Kier molecular flexibility index (Phi) is 5.00. The smallest absolute Gasteiger partial charge is 0.444 e. The van der Waals surface area contributed by atoms with E-state index < -0.39 is 12.6 Å². The van der Waals surface area contributed by atoms with Crippen LogP contribution in [0.5, 0.6) is 0 Å². The second-order valence-electron chi connectivity index (χ2n) is 2.05. The maximum atomic E-state index is 12.0. The maximum absolute atomic E-state index is 12.0. The first-order chi connectivity index (χ1) is 5.05. The van der Waals surface area contributed by atoms with Gasteiger partial charge in [0.2, 0.25) is 0 Å². The van der Waals surface area contributed by atoms with E-state index in [-0.39, 0.29) is 57.9 Å². The average Bonchev–Trinajstić information content (AvgIpc) is 2.31. The van der Waals surface area contributed by atoms with Gasteiger partial charge in [-0.15, -0.1) is 5.10 Å². The van der Waals surface area contributed by atoms with Crippen LogP contribution >= 0.6 is 0 Å². The predicted molar refractivity (Wildman–Crippen MR) is 34.4 cm³/mol. The number of hydrogen-bond acceptors (Lipinski definition) is 2. The monoisotopic (exact) mass is 203 g/mol. The summed E-state index contributed by atoms with van der Waals surface area (Å²) >= 11 is 0. The molecule has 0 amide bonds. The minimum atomic E-state index is -4.96. The van der Waals surface area contributed by atoms with E-state index in [0.717, 1.165) is 10.9 Å². The van der Waals surface area contributed by atoms with Crippen LogP contribution in [0.3, 0.4) is 0 Å². The number of rotatable bonds is 2. The van der Waals surface area contributed by atoms with Gasteiger partial charge in [-0.2, -0.15) is 0 Å². The zero-order valence-electron chi connectivity index (χ0n) is 6.84. The largest absolute Gasteiger partial charge is 1.00 e. The van der Waals surface area contributed by atoms with E-state index in [1.165, 1.54) is 0 Å². The van der Waals surface area contributed by atoms with Crippen molar-refractivity contribution in [3.8, 4) is 0 Å². The molecule has 1 rings (SSSR count). The van der Waals surface area contributed by atoms with Crippen LogP contribution in [0.1, 0.15) is 6.92 Å². The predicted octanol–water partition coefficient (Wildman–Crippen LogP) is -2.64. The number of aryl methyl sites for hydroxylation is 1. The Bertz CT molecular complexity index is 248. The Morgan fingerprint density at radius 2 is 2.08 bits per heavy atom. The van der Waals surface area contributed by atoms with E-state index >= 15 is 0 Å². The summed E-state index contributed by atoms with van der Waals surface area (Å²) in [7, 11) is 0. The summed E-state index contributed by atoms with van der Waals surface area (Å²) in [5.74, 6) is 0. The van der Waals surface area contributed by atoms with Gasteiger partial charge in [0, 0.05) is 18.3 Å². The summed E-state index contributed by atoms with van der Waals surface area (Å²) in [4.78, 5) is 0. The van der Waals surface area contributed by atoms with Crippen LogP contribution in [-0.2, 0) is 6.54 Å². The van der Waals surface area contributed by atoms with Gasteiger partial charge in [-0.1, -0.05) is 5.21 Å². The molecule has 8 heteroatoms. The Morgan fingerprint density at radius 3 is 2.42 bits per heavy atom. The van der Waals surface area contributed by atoms with Gasteiger partial charge < -0.3 is 12.9 Å². The zero-order valence-corrected chi connectivity index (χ0v) is 9.96. The number of halogens is 3. The Labute approximate surface area is 110 Å². The molecule has 0 aliphatic carbocycles. The average molecular weight is 203 g/mol. The fraction of sp³-hybridized carbons (Fsp3) is 0.500. The fourth-order valence-corrected chi connectivity index (χ4v) is 0.765. The van der Waals surface area contributed by atoms with E-state index in [9.17, 15) is 12.9 Å². The van der Waals surface area contributed by atoms with Crippen LogP contribution < -0.4 is 57.0 Å². The first-order valence-electron chi connectivity index (χ1n) is 3.14. The molecular formula is C4H6BF3KN3. The zero-order chi connectivity index (χ0) is 8.48. The molecule has 0 fully saturated rings. The number of hydrogen-bond donors (Lipinski definition) is 0. The Balaban J connectivity index is 0.00000121. The first kappa shape index (κ1) is 12.6. The molecule has 1 aromatic rings. The van der Waals surface area contributed by atoms with Gasteiger partial charge in [0.1, 0.15) is 0 Å². The number of nitrogens with zero attached hydrogens (tertiary/aromatic N) is 3. The molecule has 12 heavy (non-hydrogen) atoms. The second kappa shape index (κ2) is 4.75. The van der Waals surface area contributed by atoms with Gasteiger partial charge in [-0.3, -0.25) is 4.68 Å². The molecule has 0 saturated carbocycles. The molecular weight excluding hydrogens is 197 g/mol. The van der Waals surface area contributed by atoms with Crippen LogP contribution in [-0.4, -0.2) is 22.0 Å². The van der Waals surface area contributed by atoms with E-state index in [4.69, 9.17) is 0 Å². The molecule has 0 saturated heterocycles. The minimum absolute atomic E-state index is 0. The normalized spacial score (nSPS) is 11.0. The van der Waals surface area contributed by atoms with Crippen molar-refractivity contribution in [1.29, 1.82) is 0 Å². The topological polar surface area (TPSA) is 30.7 Å². The summed E-state index contributed by atoms with van der Waals surface area (Å²) in [5.41, 5.74) is -0.743. The van der Waals surface area contributed by atoms with Gasteiger partial charge in [-0.25, -0.2) is 0 Å². The summed E-state index contributed by atoms with van der Waals surface area (Å²) in [5, 5.41) is 6.43. The third-order valence-electron chi connectivity index (χ3n) is 1.28. The van der Waals surface area contributed by atoms with Gasteiger partial charge >= 0.3 is 58.4 Å². The van der Waals surface area contributed by atoms with Crippen molar-refractivity contribution in [2.75, 3.05) is 0 Å². The van der Waals surface area contributed by atoms with Crippen molar-refractivity contribution in [2.24, 2.45) is 0 Å². The third-order valence-corrected chi connectivity index (χ3v) is 1.28. The van der Waals surface area contributed by atoms with E-state index in [1.807, 2.05) is 0 Å². The quantitative estimate of drug-likeness (QED) is 0.492. The summed E-state index contributed by atoms with van der Waals surface area (Å²) < 4.78 is 36.9. The van der Waals surface area contributed by atoms with Crippen molar-refractivity contribution < 1.29 is 64.3 Å². The fourth-order valence-electron chi connectivity index (χ4n) is 0.765. The van der Waals surface area contributed by atoms with Crippen molar-refractivity contribution >= 4 is 12.6 Å². The molecule has 0 radical (unpaired) electrons. The molecule has 0 spiro atoms. The standard InChI is InChI=1S/C4H6BF3N3.K/c1-2-11-4(3-9-10-11)5(6,7)8;/h3H,2H2,1H3;/q-1;+1. The maximum Gasteiger partial charge on any atom is 1.00 e. The van der Waals surface area contributed by atoms with Crippen molar-refractivity contribution in [2.45, 2.75) is 13.5 Å². The second-order valence-corrected chi connectivity index (χ2v) is 2.05. The Hall–Kier alpha value is 0.631. The molecule has 1 aromatic heterocycles. The van der Waals surface area contributed by atoms with Gasteiger partial charge in [0.05, 0.1) is 0 Å². The van der Waals surface area contributed by atoms with Crippen LogP contribution in [0.15, 0.2) is 6.20 Å². The molecule has 0 aromatic carbocycles. The third kappa shape index (κ3) is 2.84. The summed E-state index contributed by atoms with van der Waals surface area (Å²) in [6.07, 6.45) is 0.740.